The zero-order valence-corrected chi connectivity index (χ0v) is 15.4. The molecule has 1 N–H and O–H groups in total. The molecule has 3 heterocycles. The van der Waals surface area contributed by atoms with Crippen LogP contribution in [0.25, 0.3) is 5.82 Å². The van der Waals surface area contributed by atoms with Crippen molar-refractivity contribution in [2.45, 2.75) is 12.7 Å². The van der Waals surface area contributed by atoms with E-state index < -0.39 is 10.0 Å². The van der Waals surface area contributed by atoms with E-state index in [0.717, 1.165) is 17.0 Å². The van der Waals surface area contributed by atoms with Gasteiger partial charge in [0, 0.05) is 11.6 Å². The summed E-state index contributed by atoms with van der Waals surface area (Å²) < 4.78 is 29.4. The second-order valence-electron chi connectivity index (χ2n) is 4.87. The molecule has 3 aromatic heterocycles. The highest BCUT2D eigenvalue weighted by Crippen LogP contribution is 2.32. The molecule has 24 heavy (non-hydrogen) atoms. The molecule has 0 atom stereocenters. The summed E-state index contributed by atoms with van der Waals surface area (Å²) in [6.45, 7) is 1.80. The van der Waals surface area contributed by atoms with Crippen molar-refractivity contribution in [2.75, 3.05) is 4.72 Å². The van der Waals surface area contributed by atoms with Crippen molar-refractivity contribution in [1.29, 1.82) is 0 Å². The van der Waals surface area contributed by atoms with Gasteiger partial charge >= 0.3 is 0 Å². The van der Waals surface area contributed by atoms with Crippen molar-refractivity contribution in [3.63, 3.8) is 0 Å². The molecule has 0 aliphatic carbocycles. The van der Waals surface area contributed by atoms with E-state index in [1.54, 1.807) is 19.1 Å². The Morgan fingerprint density at radius 2 is 2.04 bits per heavy atom. The fourth-order valence-electron chi connectivity index (χ4n) is 1.94. The molecule has 3 rings (SSSR count). The number of nitrogens with zero attached hydrogens (tertiary/aromatic N) is 4. The Bertz CT molecular complexity index is 967. The molecule has 7 nitrogen and oxygen atoms in total. The molecule has 0 unspecified atom stereocenters. The monoisotopic (exact) mass is 403 g/mol. The largest absolute Gasteiger partial charge is 0.267 e. The van der Waals surface area contributed by atoms with Crippen LogP contribution in [0.4, 0.5) is 5.82 Å². The average Bonchev–Trinajstić information content (AvgIpc) is 3.06. The van der Waals surface area contributed by atoms with Crippen LogP contribution in [0.3, 0.4) is 0 Å². The van der Waals surface area contributed by atoms with Crippen molar-refractivity contribution in [2.24, 2.45) is 0 Å². The Kier molecular flexibility index (Phi) is 4.77. The first-order valence-electron chi connectivity index (χ1n) is 6.63. The van der Waals surface area contributed by atoms with Crippen molar-refractivity contribution in [3.8, 4) is 5.82 Å². The molecule has 0 radical (unpaired) electrons. The van der Waals surface area contributed by atoms with Gasteiger partial charge in [-0.3, -0.25) is 4.72 Å². The Morgan fingerprint density at radius 3 is 2.67 bits per heavy atom. The first kappa shape index (κ1) is 17.2. The Labute approximate surface area is 152 Å². The van der Waals surface area contributed by atoms with Crippen LogP contribution in [0.1, 0.15) is 11.3 Å². The highest BCUT2D eigenvalue weighted by molar-refractivity contribution is 7.91. The molecule has 0 aliphatic heterocycles. The van der Waals surface area contributed by atoms with Crippen LogP contribution in [-0.2, 0) is 15.8 Å². The van der Waals surface area contributed by atoms with E-state index in [0.29, 0.717) is 20.1 Å². The number of anilines is 1. The van der Waals surface area contributed by atoms with Crippen LogP contribution in [0.15, 0.2) is 30.5 Å². The minimum absolute atomic E-state index is 0.255. The fourth-order valence-corrected chi connectivity index (χ4v) is 4.78. The second-order valence-corrected chi connectivity index (χ2v) is 8.88. The molecule has 0 aliphatic rings. The first-order chi connectivity index (χ1) is 11.3. The maximum Gasteiger partial charge on any atom is 0.238 e. The summed E-state index contributed by atoms with van der Waals surface area (Å²) in [7, 11) is -3.70. The maximum absolute atomic E-state index is 12.4. The lowest BCUT2D eigenvalue weighted by atomic mass is 10.4. The predicted molar refractivity (Wildman–Crippen MR) is 94.5 cm³/mol. The highest BCUT2D eigenvalue weighted by atomic mass is 35.5. The Hall–Kier alpha value is -1.68. The zero-order valence-electron chi connectivity index (χ0n) is 12.3. The van der Waals surface area contributed by atoms with Gasteiger partial charge in [-0.25, -0.2) is 8.42 Å². The van der Waals surface area contributed by atoms with Crippen LogP contribution >= 0.6 is 34.5 Å². The fraction of sp³-hybridized carbons (Fsp3) is 0.154. The van der Waals surface area contributed by atoms with E-state index in [2.05, 4.69) is 20.0 Å². The van der Waals surface area contributed by atoms with Crippen molar-refractivity contribution < 1.29 is 8.42 Å². The number of rotatable bonds is 5. The van der Waals surface area contributed by atoms with Crippen LogP contribution in [0.2, 0.25) is 8.67 Å². The highest BCUT2D eigenvalue weighted by Gasteiger charge is 2.19. The normalized spacial score (nSPS) is 11.6. The van der Waals surface area contributed by atoms with Crippen LogP contribution in [0.5, 0.6) is 0 Å². The number of hydrogen-bond donors (Lipinski definition) is 1. The SMILES string of the molecule is Cc1ccc(-n2nccc2NS(=O)(=O)Cc2cc(Cl)sc2Cl)nn1. The van der Waals surface area contributed by atoms with Crippen LogP contribution in [0, 0.1) is 6.92 Å². The van der Waals surface area contributed by atoms with Crippen LogP contribution < -0.4 is 4.72 Å². The quantitative estimate of drug-likeness (QED) is 0.705. The van der Waals surface area contributed by atoms with Gasteiger partial charge in [-0.15, -0.1) is 16.4 Å². The molecule has 0 amide bonds. The molecule has 11 heteroatoms. The van der Waals surface area contributed by atoms with Crippen molar-refractivity contribution >= 4 is 50.4 Å². The summed E-state index contributed by atoms with van der Waals surface area (Å²) in [6, 6.07) is 6.52. The van der Waals surface area contributed by atoms with E-state index in [1.807, 2.05) is 0 Å². The number of thiophene rings is 1. The summed E-state index contributed by atoms with van der Waals surface area (Å²) in [5.74, 6) is 0.366. The zero-order chi connectivity index (χ0) is 17.3. The van der Waals surface area contributed by atoms with E-state index >= 15 is 0 Å². The number of halogens is 2. The molecule has 0 spiro atoms. The summed E-state index contributed by atoms with van der Waals surface area (Å²) in [5.41, 5.74) is 1.19. The topological polar surface area (TPSA) is 89.8 Å². The van der Waals surface area contributed by atoms with Crippen molar-refractivity contribution in [1.82, 2.24) is 20.0 Å². The van der Waals surface area contributed by atoms with Gasteiger partial charge < -0.3 is 0 Å². The number of sulfonamides is 1. The van der Waals surface area contributed by atoms with E-state index in [-0.39, 0.29) is 11.6 Å². The van der Waals surface area contributed by atoms with Crippen molar-refractivity contribution in [3.05, 3.63) is 50.4 Å². The van der Waals surface area contributed by atoms with E-state index in [9.17, 15) is 8.42 Å². The average molecular weight is 404 g/mol. The number of aryl methyl sites for hydroxylation is 1. The minimum Gasteiger partial charge on any atom is -0.267 e. The van der Waals surface area contributed by atoms with Gasteiger partial charge in [0.1, 0.15) is 5.82 Å². The molecule has 0 fully saturated rings. The standard InChI is InChI=1S/C13H11Cl2N5O2S2/c1-8-2-3-11(18-17-8)20-12(4-5-16-20)19-24(21,22)7-9-6-10(14)23-13(9)15/h2-6,19H,7H2,1H3. The minimum atomic E-state index is -3.70. The third-order valence-corrected chi connectivity index (χ3v) is 5.76. The lowest BCUT2D eigenvalue weighted by Crippen LogP contribution is -2.18. The maximum atomic E-state index is 12.4. The molecule has 126 valence electrons. The van der Waals surface area contributed by atoms with Gasteiger partial charge in [-0.05, 0) is 25.1 Å². The molecular weight excluding hydrogens is 393 g/mol. The molecular formula is C13H11Cl2N5O2S2. The molecule has 0 saturated carbocycles. The van der Waals surface area contributed by atoms with Gasteiger partial charge in [0.2, 0.25) is 10.0 Å². The second kappa shape index (κ2) is 6.67. The number of hydrogen-bond acceptors (Lipinski definition) is 6. The Morgan fingerprint density at radius 1 is 1.25 bits per heavy atom. The molecule has 0 bridgehead atoms. The molecule has 0 saturated heterocycles. The summed E-state index contributed by atoms with van der Waals surface area (Å²) in [4.78, 5) is 0. The Balaban J connectivity index is 1.85. The van der Waals surface area contributed by atoms with Gasteiger partial charge in [0.05, 0.1) is 26.3 Å². The predicted octanol–water partition coefficient (Wildman–Crippen LogP) is 3.28. The summed E-state index contributed by atoms with van der Waals surface area (Å²) in [6.07, 6.45) is 1.47. The molecule has 3 aromatic rings. The summed E-state index contributed by atoms with van der Waals surface area (Å²) >= 11 is 12.9. The molecule has 0 aromatic carbocycles. The summed E-state index contributed by atoms with van der Waals surface area (Å²) in [5, 5.41) is 12.0. The van der Waals surface area contributed by atoms with E-state index in [1.165, 1.54) is 23.0 Å². The lowest BCUT2D eigenvalue weighted by Gasteiger charge is -2.09. The van der Waals surface area contributed by atoms with Gasteiger partial charge in [0.25, 0.3) is 0 Å². The third-order valence-electron chi connectivity index (χ3n) is 2.98. The van der Waals surface area contributed by atoms with Gasteiger partial charge in [-0.1, -0.05) is 23.2 Å². The van der Waals surface area contributed by atoms with Crippen LogP contribution in [-0.4, -0.2) is 28.4 Å². The number of nitrogens with one attached hydrogen (secondary N) is 1. The third kappa shape index (κ3) is 3.86. The van der Waals surface area contributed by atoms with Gasteiger partial charge in [0.15, 0.2) is 5.82 Å². The number of aromatic nitrogens is 4. The van der Waals surface area contributed by atoms with E-state index in [4.69, 9.17) is 23.2 Å². The first-order valence-corrected chi connectivity index (χ1v) is 9.85. The lowest BCUT2D eigenvalue weighted by molar-refractivity contribution is 0.600. The van der Waals surface area contributed by atoms with Gasteiger partial charge in [-0.2, -0.15) is 14.9 Å². The smallest absolute Gasteiger partial charge is 0.238 e.